The number of fused-ring (bicyclic) bond motifs is 1. The van der Waals surface area contributed by atoms with E-state index in [2.05, 4.69) is 31.9 Å². The van der Waals surface area contributed by atoms with Crippen molar-refractivity contribution in [2.24, 2.45) is 5.73 Å². The van der Waals surface area contributed by atoms with E-state index in [1.165, 1.54) is 12.1 Å². The molecule has 2 N–H and O–H groups in total. The normalized spacial score (nSPS) is 21.2. The van der Waals surface area contributed by atoms with Gasteiger partial charge in [0.15, 0.2) is 0 Å². The third kappa shape index (κ3) is 2.62. The van der Waals surface area contributed by atoms with E-state index in [1.807, 2.05) is 18.2 Å². The first-order chi connectivity index (χ1) is 9.54. The third-order valence-electron chi connectivity index (χ3n) is 3.42. The predicted octanol–water partition coefficient (Wildman–Crippen LogP) is 4.87. The molecule has 3 rings (SSSR count). The van der Waals surface area contributed by atoms with Gasteiger partial charge in [0.25, 0.3) is 0 Å². The van der Waals surface area contributed by atoms with Crippen LogP contribution in [0.3, 0.4) is 0 Å². The summed E-state index contributed by atoms with van der Waals surface area (Å²) in [4.78, 5) is 0. The Morgan fingerprint density at radius 3 is 2.65 bits per heavy atom. The molecule has 0 radical (unpaired) electrons. The molecule has 104 valence electrons. The Labute approximate surface area is 133 Å². The van der Waals surface area contributed by atoms with Crippen molar-refractivity contribution in [1.29, 1.82) is 0 Å². The van der Waals surface area contributed by atoms with Gasteiger partial charge < -0.3 is 10.5 Å². The Morgan fingerprint density at radius 2 is 1.90 bits per heavy atom. The summed E-state index contributed by atoms with van der Waals surface area (Å²) in [6.07, 6.45) is 0.511. The van der Waals surface area contributed by atoms with Gasteiger partial charge in [-0.05, 0) is 67.8 Å². The Balaban J connectivity index is 1.94. The summed E-state index contributed by atoms with van der Waals surface area (Å²) in [6, 6.07) is 10.2. The van der Waals surface area contributed by atoms with Crippen molar-refractivity contribution in [1.82, 2.24) is 0 Å². The number of nitrogens with two attached hydrogens (primary N) is 1. The molecule has 0 spiro atoms. The van der Waals surface area contributed by atoms with Gasteiger partial charge in [-0.1, -0.05) is 6.07 Å². The molecule has 2 aromatic rings. The first-order valence-electron chi connectivity index (χ1n) is 6.21. The summed E-state index contributed by atoms with van der Waals surface area (Å²) in [5, 5.41) is 0. The van der Waals surface area contributed by atoms with E-state index in [-0.39, 0.29) is 18.0 Å². The monoisotopic (exact) mass is 399 g/mol. The second-order valence-electron chi connectivity index (χ2n) is 4.80. The van der Waals surface area contributed by atoms with E-state index in [0.717, 1.165) is 20.1 Å². The highest BCUT2D eigenvalue weighted by atomic mass is 79.9. The number of halogens is 3. The molecule has 0 aliphatic carbocycles. The molecule has 0 bridgehead atoms. The Hall–Kier alpha value is -0.910. The molecule has 1 aliphatic rings. The minimum absolute atomic E-state index is 0.118. The highest BCUT2D eigenvalue weighted by Crippen LogP contribution is 2.40. The summed E-state index contributed by atoms with van der Waals surface area (Å²) in [5.41, 5.74) is 7.92. The molecule has 1 unspecified atom stereocenters. The number of rotatable bonds is 1. The fraction of sp³-hybridized carbons (Fsp3) is 0.200. The van der Waals surface area contributed by atoms with E-state index >= 15 is 0 Å². The first-order valence-corrected chi connectivity index (χ1v) is 7.80. The van der Waals surface area contributed by atoms with Crippen molar-refractivity contribution in [2.45, 2.75) is 18.6 Å². The van der Waals surface area contributed by atoms with Gasteiger partial charge in [-0.2, -0.15) is 0 Å². The number of benzene rings is 2. The number of hydrogen-bond donors (Lipinski definition) is 1. The lowest BCUT2D eigenvalue weighted by molar-refractivity contribution is 0.161. The summed E-state index contributed by atoms with van der Waals surface area (Å²) in [5.74, 6) is 0.377. The molecule has 0 saturated heterocycles. The molecule has 20 heavy (non-hydrogen) atoms. The van der Waals surface area contributed by atoms with Crippen molar-refractivity contribution in [3.63, 3.8) is 0 Å². The maximum atomic E-state index is 13.3. The zero-order valence-electron chi connectivity index (χ0n) is 10.4. The van der Waals surface area contributed by atoms with Gasteiger partial charge in [0.2, 0.25) is 0 Å². The quantitative estimate of drug-likeness (QED) is 0.740. The van der Waals surface area contributed by atoms with Gasteiger partial charge >= 0.3 is 0 Å². The fourth-order valence-corrected chi connectivity index (χ4v) is 3.04. The van der Waals surface area contributed by atoms with Crippen LogP contribution >= 0.6 is 31.9 Å². The molecule has 0 fully saturated rings. The van der Waals surface area contributed by atoms with E-state index in [1.54, 1.807) is 6.07 Å². The van der Waals surface area contributed by atoms with Crippen molar-refractivity contribution in [2.75, 3.05) is 0 Å². The van der Waals surface area contributed by atoms with Crippen LogP contribution in [0, 0.1) is 5.82 Å². The summed E-state index contributed by atoms with van der Waals surface area (Å²) in [7, 11) is 0. The van der Waals surface area contributed by atoms with Crippen molar-refractivity contribution in [3.05, 3.63) is 62.3 Å². The molecular weight excluding hydrogens is 389 g/mol. The van der Waals surface area contributed by atoms with Gasteiger partial charge in [0.1, 0.15) is 17.7 Å². The maximum Gasteiger partial charge on any atom is 0.126 e. The highest BCUT2D eigenvalue weighted by Gasteiger charge is 2.27. The van der Waals surface area contributed by atoms with Crippen molar-refractivity contribution >= 4 is 31.9 Å². The second-order valence-corrected chi connectivity index (χ2v) is 6.51. The summed E-state index contributed by atoms with van der Waals surface area (Å²) in [6.45, 7) is 0. The smallest absolute Gasteiger partial charge is 0.126 e. The van der Waals surface area contributed by atoms with Crippen molar-refractivity contribution in [3.8, 4) is 5.75 Å². The van der Waals surface area contributed by atoms with Crippen LogP contribution in [-0.2, 0) is 0 Å². The summed E-state index contributed by atoms with van der Waals surface area (Å²) >= 11 is 6.93. The van der Waals surface area contributed by atoms with Crippen LogP contribution in [-0.4, -0.2) is 0 Å². The Bertz CT molecular complexity index is 662. The number of ether oxygens (including phenoxy) is 1. The zero-order valence-corrected chi connectivity index (χ0v) is 13.6. The van der Waals surface area contributed by atoms with Gasteiger partial charge in [0.05, 0.1) is 0 Å². The molecule has 0 aromatic heterocycles. The SMILES string of the molecule is N[C@H]1CC(c2ccc(Br)c(Br)c2)Oc2ccc(F)cc21. The average Bonchev–Trinajstić information content (AvgIpc) is 2.42. The molecule has 1 heterocycles. The van der Waals surface area contributed by atoms with E-state index in [0.29, 0.717) is 12.2 Å². The van der Waals surface area contributed by atoms with Crippen LogP contribution in [0.25, 0.3) is 0 Å². The Kier molecular flexibility index (Phi) is 3.84. The van der Waals surface area contributed by atoms with Gasteiger partial charge in [0, 0.05) is 27.0 Å². The van der Waals surface area contributed by atoms with Crippen molar-refractivity contribution < 1.29 is 9.13 Å². The highest BCUT2D eigenvalue weighted by molar-refractivity contribution is 9.13. The summed E-state index contributed by atoms with van der Waals surface area (Å²) < 4.78 is 21.2. The molecular formula is C15H12Br2FNO. The van der Waals surface area contributed by atoms with Crippen LogP contribution in [0.4, 0.5) is 4.39 Å². The molecule has 5 heteroatoms. The molecule has 0 amide bonds. The van der Waals surface area contributed by atoms with E-state index in [4.69, 9.17) is 10.5 Å². The fourth-order valence-electron chi connectivity index (χ4n) is 2.39. The van der Waals surface area contributed by atoms with Gasteiger partial charge in [-0.15, -0.1) is 0 Å². The minimum Gasteiger partial charge on any atom is -0.485 e. The lowest BCUT2D eigenvalue weighted by Gasteiger charge is -2.30. The van der Waals surface area contributed by atoms with Crippen LogP contribution < -0.4 is 10.5 Å². The largest absolute Gasteiger partial charge is 0.485 e. The topological polar surface area (TPSA) is 35.2 Å². The lowest BCUT2D eigenvalue weighted by Crippen LogP contribution is -2.24. The molecule has 0 saturated carbocycles. The first kappa shape index (κ1) is 14.0. The van der Waals surface area contributed by atoms with Crippen LogP contribution in [0.2, 0.25) is 0 Å². The zero-order chi connectivity index (χ0) is 14.3. The predicted molar refractivity (Wildman–Crippen MR) is 83.2 cm³/mol. The van der Waals surface area contributed by atoms with E-state index in [9.17, 15) is 4.39 Å². The second kappa shape index (κ2) is 5.47. The van der Waals surface area contributed by atoms with Crippen LogP contribution in [0.15, 0.2) is 45.3 Å². The molecule has 2 atom stereocenters. The van der Waals surface area contributed by atoms with Gasteiger partial charge in [-0.3, -0.25) is 0 Å². The molecule has 1 aliphatic heterocycles. The molecule has 2 nitrogen and oxygen atoms in total. The number of hydrogen-bond acceptors (Lipinski definition) is 2. The van der Waals surface area contributed by atoms with Crippen LogP contribution in [0.5, 0.6) is 5.75 Å². The molecule has 2 aromatic carbocycles. The Morgan fingerprint density at radius 1 is 1.10 bits per heavy atom. The average molecular weight is 401 g/mol. The van der Waals surface area contributed by atoms with Gasteiger partial charge in [-0.25, -0.2) is 4.39 Å². The lowest BCUT2D eigenvalue weighted by atomic mass is 9.93. The minimum atomic E-state index is -0.285. The third-order valence-corrected chi connectivity index (χ3v) is 5.30. The van der Waals surface area contributed by atoms with Crippen LogP contribution in [0.1, 0.15) is 29.7 Å². The maximum absolute atomic E-state index is 13.3. The standard InChI is InChI=1S/C15H12Br2FNO/c16-11-3-1-8(5-12(11)17)15-7-13(19)10-6-9(18)2-4-14(10)20-15/h1-6,13,15H,7,19H2/t13-,15?/m0/s1. The van der Waals surface area contributed by atoms with E-state index < -0.39 is 0 Å².